The summed E-state index contributed by atoms with van der Waals surface area (Å²) in [4.78, 5) is 28.5. The molecule has 316 valence electrons. The molecule has 3 aliphatic carbocycles. The molecule has 0 saturated heterocycles. The number of carbonyl (C=O) groups excluding carboxylic acids is 2. The quantitative estimate of drug-likeness (QED) is 0.149. The van der Waals surface area contributed by atoms with Gasteiger partial charge in [-0.05, 0) is 106 Å². The average molecular weight is 806 g/mol. The number of nitrogens with one attached hydrogen (secondary N) is 2. The lowest BCUT2D eigenvalue weighted by molar-refractivity contribution is -0.169. The van der Waals surface area contributed by atoms with E-state index in [2.05, 4.69) is 53.9 Å². The molecule has 6 rings (SSSR count). The molecule has 0 bridgehead atoms. The zero-order chi connectivity index (χ0) is 42.5. The molecule has 10 unspecified atom stereocenters. The van der Waals surface area contributed by atoms with Gasteiger partial charge in [0.05, 0.1) is 36.9 Å². The van der Waals surface area contributed by atoms with Crippen molar-refractivity contribution < 1.29 is 34.8 Å². The van der Waals surface area contributed by atoms with Gasteiger partial charge in [0, 0.05) is 36.6 Å². The molecule has 5 aliphatic rings. The van der Waals surface area contributed by atoms with Gasteiger partial charge in [0.1, 0.15) is 18.8 Å². The molecule has 1 aromatic rings. The van der Waals surface area contributed by atoms with E-state index >= 15 is 4.79 Å². The van der Waals surface area contributed by atoms with E-state index in [-0.39, 0.29) is 50.4 Å². The molecule has 1 aromatic carbocycles. The number of hydrogen-bond acceptors (Lipinski definition) is 9. The molecule has 10 heteroatoms. The summed E-state index contributed by atoms with van der Waals surface area (Å²) in [5.41, 5.74) is 10.5. The fourth-order valence-corrected chi connectivity index (χ4v) is 10.4. The number of ether oxygens (including phenoxy) is 1. The van der Waals surface area contributed by atoms with Crippen LogP contribution < -0.4 is 16.4 Å². The van der Waals surface area contributed by atoms with Gasteiger partial charge in [-0.15, -0.1) is 5.92 Å². The number of aliphatic hydroxyl groups is 4. The lowest BCUT2D eigenvalue weighted by Gasteiger charge is -2.56. The van der Waals surface area contributed by atoms with Crippen LogP contribution in [0.25, 0.3) is 0 Å². The van der Waals surface area contributed by atoms with E-state index in [4.69, 9.17) is 10.5 Å². The van der Waals surface area contributed by atoms with Crippen LogP contribution >= 0.6 is 0 Å². The van der Waals surface area contributed by atoms with Crippen LogP contribution in [-0.2, 0) is 14.3 Å². The molecular formula is C49H63N3O7. The van der Waals surface area contributed by atoms with Gasteiger partial charge >= 0.3 is 0 Å². The zero-order valence-corrected chi connectivity index (χ0v) is 35.2. The van der Waals surface area contributed by atoms with Crippen molar-refractivity contribution in [2.75, 3.05) is 26.4 Å². The Morgan fingerprint density at radius 2 is 1.92 bits per heavy atom. The second kappa shape index (κ2) is 19.1. The summed E-state index contributed by atoms with van der Waals surface area (Å²) in [6, 6.07) is 4.67. The second-order valence-electron chi connectivity index (χ2n) is 17.6. The molecule has 1 amide bonds. The number of nitrogens with two attached hydrogens (primary N) is 1. The van der Waals surface area contributed by atoms with Crippen molar-refractivity contribution in [2.45, 2.75) is 121 Å². The number of amides is 1. The number of carbonyl (C=O) groups is 2. The maximum Gasteiger partial charge on any atom is 0.243 e. The van der Waals surface area contributed by atoms with Crippen molar-refractivity contribution in [1.29, 1.82) is 0 Å². The van der Waals surface area contributed by atoms with Crippen molar-refractivity contribution in [1.82, 2.24) is 10.6 Å². The lowest BCUT2D eigenvalue weighted by Crippen LogP contribution is -2.59. The van der Waals surface area contributed by atoms with E-state index in [1.165, 1.54) is 5.57 Å². The summed E-state index contributed by atoms with van der Waals surface area (Å²) in [6.07, 6.45) is 10.4. The lowest BCUT2D eigenvalue weighted by atomic mass is 9.51. The van der Waals surface area contributed by atoms with Crippen LogP contribution in [0.15, 0.2) is 76.9 Å². The maximum atomic E-state index is 15.1. The molecule has 10 nitrogen and oxygen atoms in total. The number of benzene rings is 1. The van der Waals surface area contributed by atoms with E-state index in [0.717, 1.165) is 29.6 Å². The van der Waals surface area contributed by atoms with Crippen molar-refractivity contribution in [3.8, 4) is 23.7 Å². The van der Waals surface area contributed by atoms with Crippen molar-refractivity contribution in [3.05, 3.63) is 93.6 Å². The van der Waals surface area contributed by atoms with Gasteiger partial charge in [0.15, 0.2) is 5.78 Å². The molecular weight excluding hydrogens is 743 g/mol. The molecule has 59 heavy (non-hydrogen) atoms. The fourth-order valence-electron chi connectivity index (χ4n) is 10.4. The average Bonchev–Trinajstić information content (AvgIpc) is 3.54. The first-order valence-corrected chi connectivity index (χ1v) is 21.3. The van der Waals surface area contributed by atoms with Crippen LogP contribution in [-0.4, -0.2) is 76.3 Å². The number of rotatable bonds is 6. The van der Waals surface area contributed by atoms with Crippen LogP contribution in [0, 0.1) is 46.9 Å². The molecule has 0 aromatic heterocycles. The third-order valence-corrected chi connectivity index (χ3v) is 13.6. The Morgan fingerprint density at radius 3 is 2.68 bits per heavy atom. The van der Waals surface area contributed by atoms with Gasteiger partial charge in [0.2, 0.25) is 5.91 Å². The van der Waals surface area contributed by atoms with E-state index in [0.29, 0.717) is 60.8 Å². The normalized spacial score (nSPS) is 33.8. The minimum atomic E-state index is -1.30. The fraction of sp³-hybridized carbons (Fsp3) is 0.551. The summed E-state index contributed by atoms with van der Waals surface area (Å²) in [6.45, 7) is 12.0. The Labute approximate surface area is 350 Å². The van der Waals surface area contributed by atoms with E-state index < -0.39 is 53.2 Å². The second-order valence-corrected chi connectivity index (χ2v) is 17.6. The highest BCUT2D eigenvalue weighted by Gasteiger charge is 2.64. The molecule has 2 heterocycles. The molecule has 2 fully saturated rings. The van der Waals surface area contributed by atoms with Gasteiger partial charge in [-0.1, -0.05) is 83.6 Å². The smallest absolute Gasteiger partial charge is 0.243 e. The Balaban J connectivity index is 1.41. The predicted octanol–water partition coefficient (Wildman–Crippen LogP) is 5.27. The third kappa shape index (κ3) is 9.31. The summed E-state index contributed by atoms with van der Waals surface area (Å²) >= 11 is 0. The number of fused-ring (bicyclic) bond motifs is 3. The highest BCUT2D eigenvalue weighted by molar-refractivity contribution is 6.01. The van der Waals surface area contributed by atoms with Crippen molar-refractivity contribution in [2.24, 2.45) is 28.9 Å². The van der Waals surface area contributed by atoms with E-state index in [9.17, 15) is 25.2 Å². The summed E-state index contributed by atoms with van der Waals surface area (Å²) in [5.74, 6) is 10.3. The predicted molar refractivity (Wildman–Crippen MR) is 229 cm³/mol. The van der Waals surface area contributed by atoms with Gasteiger partial charge in [-0.2, -0.15) is 0 Å². The first-order valence-electron chi connectivity index (χ1n) is 21.3. The number of Topliss-reactive ketones (excluding diaryl/α,β-unsaturated/α-hetero) is 1. The highest BCUT2D eigenvalue weighted by Crippen LogP contribution is 2.63. The molecule has 10 atom stereocenters. The van der Waals surface area contributed by atoms with Crippen molar-refractivity contribution >= 4 is 11.7 Å². The monoisotopic (exact) mass is 805 g/mol. The maximum absolute atomic E-state index is 15.1. The standard InChI is InChI=1S/C49H63N3O7/c1-30-12-6-7-25-59-29-35(17-9-15-31(2)14-8-13-30)37-22-24-49(45(37)56)41-26-34(28-53)16-10-19-39(44(55)33(4)36(41)21-23-48(49,5)58)38-18-11-20-40-42(38)43(51-27-32(3)54)47(57)52-46(40)50/h9,11,13,15,17-18,20,32,34,37,39,41,43,45-46,51,53-54,56,58H,2,8,12,14,19,21-29,50H2,1,3-5H3,(H,52,57). The van der Waals surface area contributed by atoms with Crippen LogP contribution in [0.2, 0.25) is 0 Å². The Kier molecular flexibility index (Phi) is 14.4. The summed E-state index contributed by atoms with van der Waals surface area (Å²) < 4.78 is 6.11. The number of allylic oxidation sites excluding steroid dienone is 8. The number of hydrogen-bond donors (Lipinski definition) is 7. The van der Waals surface area contributed by atoms with Crippen LogP contribution in [0.4, 0.5) is 0 Å². The summed E-state index contributed by atoms with van der Waals surface area (Å²) in [5, 5.41) is 52.2. The molecule has 0 radical (unpaired) electrons. The Bertz CT molecular complexity index is 2040. The first kappa shape index (κ1) is 44.5. The van der Waals surface area contributed by atoms with Gasteiger partial charge in [0.25, 0.3) is 0 Å². The topological polar surface area (TPSA) is 174 Å². The van der Waals surface area contributed by atoms with Crippen molar-refractivity contribution in [3.63, 3.8) is 0 Å². The molecule has 2 saturated carbocycles. The van der Waals surface area contributed by atoms with Gasteiger partial charge in [-0.3, -0.25) is 14.9 Å². The number of ketones is 1. The minimum Gasteiger partial charge on any atom is -0.395 e. The SMILES string of the molecule is C=C1C=CC=C(C2CCC3(C4CC(CO)C#CCC(c5cccc6c5C(NCC(C)O)C(=O)NC6N)C(=O)C(C)=C4CCC3(C)O)C2O)COCC#CCC(C)=CCC1. The number of aliphatic hydroxyl groups excluding tert-OH is 3. The van der Waals surface area contributed by atoms with Gasteiger partial charge < -0.3 is 36.2 Å². The molecule has 2 aliphatic heterocycles. The van der Waals surface area contributed by atoms with Crippen LogP contribution in [0.1, 0.15) is 120 Å². The Hall–Kier alpha value is -4.10. The van der Waals surface area contributed by atoms with Gasteiger partial charge in [-0.25, -0.2) is 0 Å². The minimum absolute atomic E-state index is 0.139. The largest absolute Gasteiger partial charge is 0.395 e. The first-order chi connectivity index (χ1) is 28.2. The third-order valence-electron chi connectivity index (χ3n) is 13.6. The zero-order valence-electron chi connectivity index (χ0n) is 35.2. The molecule has 8 N–H and O–H groups in total. The summed E-state index contributed by atoms with van der Waals surface area (Å²) in [7, 11) is 0. The molecule has 1 spiro atoms. The van der Waals surface area contributed by atoms with E-state index in [1.54, 1.807) is 6.92 Å². The van der Waals surface area contributed by atoms with Crippen LogP contribution in [0.5, 0.6) is 0 Å². The Morgan fingerprint density at radius 1 is 1.14 bits per heavy atom. The van der Waals surface area contributed by atoms with Crippen LogP contribution in [0.3, 0.4) is 0 Å². The van der Waals surface area contributed by atoms with E-state index in [1.807, 2.05) is 50.3 Å². The highest BCUT2D eigenvalue weighted by atomic mass is 16.5.